The number of methoxy groups -OCH3 is 1. The summed E-state index contributed by atoms with van der Waals surface area (Å²) in [4.78, 5) is 34.5. The number of nitrogens with one attached hydrogen (secondary N) is 2. The van der Waals surface area contributed by atoms with Crippen molar-refractivity contribution < 1.29 is 28.7 Å². The lowest BCUT2D eigenvalue weighted by Gasteiger charge is -2.11. The van der Waals surface area contributed by atoms with Gasteiger partial charge in [-0.15, -0.1) is 0 Å². The Morgan fingerprint density at radius 2 is 1.39 bits per heavy atom. The quantitative estimate of drug-likeness (QED) is 0.356. The number of ether oxygens (including phenoxy) is 3. The van der Waals surface area contributed by atoms with Gasteiger partial charge in [0.2, 0.25) is 0 Å². The van der Waals surface area contributed by atoms with Crippen LogP contribution in [0.15, 0.2) is 72.8 Å². The van der Waals surface area contributed by atoms with Gasteiger partial charge in [-0.2, -0.15) is 0 Å². The summed E-state index contributed by atoms with van der Waals surface area (Å²) < 4.78 is 16.0. The first-order valence-corrected chi connectivity index (χ1v) is 9.77. The number of rotatable bonds is 10. The van der Waals surface area contributed by atoms with E-state index in [1.54, 1.807) is 48.5 Å². The van der Waals surface area contributed by atoms with Crippen molar-refractivity contribution in [1.82, 2.24) is 0 Å². The lowest BCUT2D eigenvalue weighted by Crippen LogP contribution is -2.21. The van der Waals surface area contributed by atoms with E-state index in [-0.39, 0.29) is 24.8 Å². The van der Waals surface area contributed by atoms with E-state index in [9.17, 15) is 19.7 Å². The first kappa shape index (κ1) is 23.1. The molecule has 0 aliphatic rings. The van der Waals surface area contributed by atoms with E-state index in [0.717, 1.165) is 0 Å². The molecule has 0 bridgehead atoms. The molecule has 0 saturated heterocycles. The molecule has 10 heteroatoms. The van der Waals surface area contributed by atoms with Crippen molar-refractivity contribution in [2.45, 2.75) is 0 Å². The number of hydrogen-bond acceptors (Lipinski definition) is 7. The number of carbonyl (C=O) groups is 2. The molecule has 170 valence electrons. The molecule has 0 radical (unpaired) electrons. The number of carbonyl (C=O) groups excluding carboxylic acids is 2. The van der Waals surface area contributed by atoms with Crippen LogP contribution in [0.25, 0.3) is 0 Å². The van der Waals surface area contributed by atoms with Gasteiger partial charge in [0.1, 0.15) is 5.75 Å². The van der Waals surface area contributed by atoms with Crippen LogP contribution >= 0.6 is 0 Å². The molecule has 0 spiro atoms. The summed E-state index contributed by atoms with van der Waals surface area (Å²) in [6, 6.07) is 19.0. The van der Waals surface area contributed by atoms with E-state index in [2.05, 4.69) is 10.6 Å². The molecule has 0 aliphatic heterocycles. The molecule has 3 aromatic carbocycles. The number of para-hydroxylation sites is 2. The molecule has 0 atom stereocenters. The number of non-ortho nitro benzene ring substituents is 1. The van der Waals surface area contributed by atoms with Crippen molar-refractivity contribution >= 4 is 28.9 Å². The number of amides is 2. The normalized spacial score (nSPS) is 10.1. The Hall–Kier alpha value is -4.60. The van der Waals surface area contributed by atoms with E-state index in [1.165, 1.54) is 31.4 Å². The third-order valence-corrected chi connectivity index (χ3v) is 4.28. The van der Waals surface area contributed by atoms with E-state index in [4.69, 9.17) is 14.2 Å². The summed E-state index contributed by atoms with van der Waals surface area (Å²) in [5.41, 5.74) is 0.854. The number of nitrogens with zero attached hydrogens (tertiary/aromatic N) is 1. The van der Waals surface area contributed by atoms with E-state index < -0.39 is 10.8 Å². The minimum Gasteiger partial charge on any atom is -0.493 e. The summed E-state index contributed by atoms with van der Waals surface area (Å²) in [7, 11) is 1.51. The fourth-order valence-corrected chi connectivity index (χ4v) is 2.76. The molecule has 0 saturated carbocycles. The number of hydrogen-bond donors (Lipinski definition) is 2. The highest BCUT2D eigenvalue weighted by atomic mass is 16.6. The van der Waals surface area contributed by atoms with Crippen LogP contribution in [0, 0.1) is 10.1 Å². The molecule has 2 N–H and O–H groups in total. The van der Waals surface area contributed by atoms with Gasteiger partial charge in [0.05, 0.1) is 12.0 Å². The minimum absolute atomic E-state index is 0.0704. The smallest absolute Gasteiger partial charge is 0.269 e. The highest BCUT2D eigenvalue weighted by molar-refractivity contribution is 5.95. The van der Waals surface area contributed by atoms with Gasteiger partial charge in [-0.25, -0.2) is 0 Å². The van der Waals surface area contributed by atoms with Crippen molar-refractivity contribution in [2.75, 3.05) is 31.0 Å². The van der Waals surface area contributed by atoms with Crippen LogP contribution < -0.4 is 24.8 Å². The number of nitro groups is 1. The van der Waals surface area contributed by atoms with Crippen molar-refractivity contribution in [3.63, 3.8) is 0 Å². The monoisotopic (exact) mass is 451 g/mol. The molecule has 0 aliphatic carbocycles. The Labute approximate surface area is 189 Å². The zero-order valence-electron chi connectivity index (χ0n) is 17.6. The zero-order valence-corrected chi connectivity index (χ0v) is 17.6. The van der Waals surface area contributed by atoms with Crippen molar-refractivity contribution in [1.29, 1.82) is 0 Å². The Bertz CT molecular complexity index is 1130. The van der Waals surface area contributed by atoms with Crippen LogP contribution in [-0.2, 0) is 9.59 Å². The lowest BCUT2D eigenvalue weighted by molar-refractivity contribution is -0.384. The molecule has 0 unspecified atom stereocenters. The van der Waals surface area contributed by atoms with Crippen LogP contribution in [0.1, 0.15) is 0 Å². The Morgan fingerprint density at radius 1 is 0.818 bits per heavy atom. The van der Waals surface area contributed by atoms with Gasteiger partial charge in [0, 0.05) is 23.5 Å². The SMILES string of the molecule is COc1ccccc1OCC(=O)Nc1cccc(NC(=O)COc2ccc([N+](=O)[O-])cc2)c1. The van der Waals surface area contributed by atoms with Crippen LogP contribution in [-0.4, -0.2) is 37.1 Å². The minimum atomic E-state index is -0.521. The summed E-state index contributed by atoms with van der Waals surface area (Å²) in [5, 5.41) is 16.0. The van der Waals surface area contributed by atoms with Crippen LogP contribution in [0.3, 0.4) is 0 Å². The van der Waals surface area contributed by atoms with Crippen molar-refractivity contribution in [2.24, 2.45) is 0 Å². The fourth-order valence-electron chi connectivity index (χ4n) is 2.76. The third kappa shape index (κ3) is 6.96. The third-order valence-electron chi connectivity index (χ3n) is 4.28. The lowest BCUT2D eigenvalue weighted by atomic mass is 10.2. The standard InChI is InChI=1S/C23H21N3O7/c1-31-20-7-2-3-8-21(20)33-15-23(28)25-17-6-4-5-16(13-17)24-22(27)14-32-19-11-9-18(10-12-19)26(29)30/h2-13H,14-15H2,1H3,(H,24,27)(H,25,28). The van der Waals surface area contributed by atoms with E-state index in [0.29, 0.717) is 28.6 Å². The van der Waals surface area contributed by atoms with Gasteiger partial charge in [0.15, 0.2) is 24.7 Å². The zero-order chi connectivity index (χ0) is 23.6. The summed E-state index contributed by atoms with van der Waals surface area (Å²) in [6.07, 6.45) is 0. The summed E-state index contributed by atoms with van der Waals surface area (Å²) >= 11 is 0. The maximum Gasteiger partial charge on any atom is 0.269 e. The fraction of sp³-hybridized carbons (Fsp3) is 0.130. The number of benzene rings is 3. The second kappa shape index (κ2) is 11.1. The number of nitro benzene ring substituents is 1. The van der Waals surface area contributed by atoms with Crippen LogP contribution in [0.4, 0.5) is 17.1 Å². The van der Waals surface area contributed by atoms with Crippen LogP contribution in [0.5, 0.6) is 17.2 Å². The van der Waals surface area contributed by atoms with Gasteiger partial charge >= 0.3 is 0 Å². The van der Waals surface area contributed by atoms with Gasteiger partial charge in [0.25, 0.3) is 17.5 Å². The first-order chi connectivity index (χ1) is 15.9. The van der Waals surface area contributed by atoms with Crippen LogP contribution in [0.2, 0.25) is 0 Å². The highest BCUT2D eigenvalue weighted by Gasteiger charge is 2.10. The average Bonchev–Trinajstić information content (AvgIpc) is 2.82. The largest absolute Gasteiger partial charge is 0.493 e. The van der Waals surface area contributed by atoms with Gasteiger partial charge in [-0.05, 0) is 42.5 Å². The predicted octanol–water partition coefficient (Wildman–Crippen LogP) is 3.64. The maximum absolute atomic E-state index is 12.2. The summed E-state index contributed by atoms with van der Waals surface area (Å²) in [5.74, 6) is 0.476. The van der Waals surface area contributed by atoms with E-state index >= 15 is 0 Å². The Kier molecular flexibility index (Phi) is 7.79. The molecule has 0 aromatic heterocycles. The molecule has 0 heterocycles. The van der Waals surface area contributed by atoms with Gasteiger partial charge in [-0.3, -0.25) is 19.7 Å². The van der Waals surface area contributed by atoms with Crippen molar-refractivity contribution in [3.05, 3.63) is 82.9 Å². The molecule has 10 nitrogen and oxygen atoms in total. The van der Waals surface area contributed by atoms with E-state index in [1.807, 2.05) is 0 Å². The second-order valence-electron chi connectivity index (χ2n) is 6.66. The van der Waals surface area contributed by atoms with Gasteiger partial charge < -0.3 is 24.8 Å². The maximum atomic E-state index is 12.2. The molecule has 3 rings (SSSR count). The molecular weight excluding hydrogens is 430 g/mol. The molecular formula is C23H21N3O7. The number of anilines is 2. The predicted molar refractivity (Wildman–Crippen MR) is 121 cm³/mol. The van der Waals surface area contributed by atoms with Gasteiger partial charge in [-0.1, -0.05) is 18.2 Å². The highest BCUT2D eigenvalue weighted by Crippen LogP contribution is 2.25. The summed E-state index contributed by atoms with van der Waals surface area (Å²) in [6.45, 7) is -0.513. The molecule has 33 heavy (non-hydrogen) atoms. The molecule has 0 fully saturated rings. The average molecular weight is 451 g/mol. The second-order valence-corrected chi connectivity index (χ2v) is 6.66. The Balaban J connectivity index is 1.48. The molecule has 3 aromatic rings. The molecule has 2 amide bonds. The van der Waals surface area contributed by atoms with Crippen molar-refractivity contribution in [3.8, 4) is 17.2 Å². The topological polar surface area (TPSA) is 129 Å². The Morgan fingerprint density at radius 3 is 1.97 bits per heavy atom. The first-order valence-electron chi connectivity index (χ1n) is 9.77.